The predicted octanol–water partition coefficient (Wildman–Crippen LogP) is 3.00. The number of methoxy groups -OCH3 is 1. The van der Waals surface area contributed by atoms with Crippen molar-refractivity contribution >= 4 is 0 Å². The van der Waals surface area contributed by atoms with Gasteiger partial charge in [0.25, 0.3) is 0 Å². The standard InChI is InChI=1S/C7H8.C5H13N.C2H6O.CH4O/c1-7-5-3-2-4-6-7;1-3-4-5(2)6;1-3-2;1-2/h2-6H,1H3;5H,3-4,6H2,1-2H3;1-2H3;2H,1H3. The lowest BCUT2D eigenvalue weighted by Gasteiger charge is -1.96. The zero-order valence-electron chi connectivity index (χ0n) is 12.8. The van der Waals surface area contributed by atoms with E-state index in [1.165, 1.54) is 12.0 Å². The van der Waals surface area contributed by atoms with Crippen LogP contribution >= 0.6 is 0 Å². The molecule has 1 atom stereocenters. The summed E-state index contributed by atoms with van der Waals surface area (Å²) in [5, 5.41) is 7.00. The molecule has 0 saturated carbocycles. The average Bonchev–Trinajstić information content (AvgIpc) is 2.34. The van der Waals surface area contributed by atoms with Crippen LogP contribution < -0.4 is 5.73 Å². The number of nitrogens with two attached hydrogens (primary N) is 1. The van der Waals surface area contributed by atoms with Crippen molar-refractivity contribution in [2.45, 2.75) is 39.7 Å². The minimum absolute atomic E-state index is 0.398. The van der Waals surface area contributed by atoms with Crippen LogP contribution in [-0.2, 0) is 4.74 Å². The average molecular weight is 257 g/mol. The van der Waals surface area contributed by atoms with E-state index in [1.807, 2.05) is 25.1 Å². The number of aryl methyl sites for hydroxylation is 1. The van der Waals surface area contributed by atoms with Crippen LogP contribution in [0.5, 0.6) is 0 Å². The highest BCUT2D eigenvalue weighted by Crippen LogP contribution is 1.92. The van der Waals surface area contributed by atoms with Gasteiger partial charge in [0.1, 0.15) is 0 Å². The van der Waals surface area contributed by atoms with Crippen molar-refractivity contribution in [2.24, 2.45) is 5.73 Å². The van der Waals surface area contributed by atoms with Gasteiger partial charge in [-0.15, -0.1) is 0 Å². The van der Waals surface area contributed by atoms with Gasteiger partial charge in [-0.2, -0.15) is 0 Å². The van der Waals surface area contributed by atoms with E-state index < -0.39 is 0 Å². The summed E-state index contributed by atoms with van der Waals surface area (Å²) >= 11 is 0. The topological polar surface area (TPSA) is 55.5 Å². The lowest BCUT2D eigenvalue weighted by atomic mass is 10.2. The first-order valence-corrected chi connectivity index (χ1v) is 6.20. The summed E-state index contributed by atoms with van der Waals surface area (Å²) in [6, 6.07) is 10.7. The van der Waals surface area contributed by atoms with Gasteiger partial charge in [-0.25, -0.2) is 0 Å². The van der Waals surface area contributed by atoms with Gasteiger partial charge in [-0.3, -0.25) is 0 Å². The first-order valence-electron chi connectivity index (χ1n) is 6.20. The van der Waals surface area contributed by atoms with Crippen LogP contribution in [0.4, 0.5) is 0 Å². The fraction of sp³-hybridized carbons (Fsp3) is 0.600. The third-order valence-corrected chi connectivity index (χ3v) is 1.68. The number of hydrogen-bond acceptors (Lipinski definition) is 3. The Bertz CT molecular complexity index is 213. The second kappa shape index (κ2) is 21.4. The number of aliphatic hydroxyl groups is 1. The fourth-order valence-electron chi connectivity index (χ4n) is 0.990. The number of ether oxygens (including phenoxy) is 1. The van der Waals surface area contributed by atoms with Gasteiger partial charge < -0.3 is 15.6 Å². The molecule has 0 radical (unpaired) electrons. The molecule has 0 fully saturated rings. The largest absolute Gasteiger partial charge is 0.400 e. The van der Waals surface area contributed by atoms with Gasteiger partial charge in [0, 0.05) is 27.4 Å². The summed E-state index contributed by atoms with van der Waals surface area (Å²) in [5.41, 5.74) is 6.72. The summed E-state index contributed by atoms with van der Waals surface area (Å²) in [6.07, 6.45) is 2.36. The van der Waals surface area contributed by atoms with E-state index >= 15 is 0 Å². The van der Waals surface area contributed by atoms with Crippen molar-refractivity contribution in [1.82, 2.24) is 0 Å². The Kier molecular flexibility index (Phi) is 26.5. The number of rotatable bonds is 2. The molecule has 0 aliphatic heterocycles. The highest BCUT2D eigenvalue weighted by Gasteiger charge is 1.85. The zero-order chi connectivity index (χ0) is 14.8. The Hall–Kier alpha value is -0.900. The Labute approximate surface area is 113 Å². The van der Waals surface area contributed by atoms with Gasteiger partial charge in [0.05, 0.1) is 0 Å². The quantitative estimate of drug-likeness (QED) is 0.856. The molecular formula is C15H31NO2. The van der Waals surface area contributed by atoms with Crippen LogP contribution in [0.1, 0.15) is 32.3 Å². The maximum absolute atomic E-state index is 7.00. The molecule has 3 N–H and O–H groups in total. The molecule has 0 saturated heterocycles. The lowest BCUT2D eigenvalue weighted by Crippen LogP contribution is -2.13. The molecule has 1 aromatic carbocycles. The Morgan fingerprint density at radius 3 is 1.67 bits per heavy atom. The summed E-state index contributed by atoms with van der Waals surface area (Å²) in [7, 11) is 4.25. The third-order valence-electron chi connectivity index (χ3n) is 1.68. The molecule has 108 valence electrons. The van der Waals surface area contributed by atoms with E-state index in [2.05, 4.69) is 30.7 Å². The van der Waals surface area contributed by atoms with Crippen LogP contribution in [-0.4, -0.2) is 32.5 Å². The predicted molar refractivity (Wildman–Crippen MR) is 80.8 cm³/mol. The van der Waals surface area contributed by atoms with E-state index in [0.29, 0.717) is 6.04 Å². The number of benzene rings is 1. The first kappa shape index (κ1) is 22.3. The van der Waals surface area contributed by atoms with Crippen molar-refractivity contribution in [1.29, 1.82) is 0 Å². The van der Waals surface area contributed by atoms with E-state index in [1.54, 1.807) is 14.2 Å². The molecule has 3 heteroatoms. The summed E-state index contributed by atoms with van der Waals surface area (Å²) in [4.78, 5) is 0. The van der Waals surface area contributed by atoms with E-state index in [9.17, 15) is 0 Å². The fourth-order valence-corrected chi connectivity index (χ4v) is 0.990. The van der Waals surface area contributed by atoms with Gasteiger partial charge >= 0.3 is 0 Å². The summed E-state index contributed by atoms with van der Waals surface area (Å²) in [5.74, 6) is 0. The maximum Gasteiger partial charge on any atom is 0.0351 e. The molecule has 0 heterocycles. The van der Waals surface area contributed by atoms with Crippen LogP contribution in [0.3, 0.4) is 0 Å². The normalized spacial score (nSPS) is 9.56. The third kappa shape index (κ3) is 29.4. The van der Waals surface area contributed by atoms with Crippen LogP contribution in [0.15, 0.2) is 30.3 Å². The summed E-state index contributed by atoms with van der Waals surface area (Å²) < 4.78 is 4.25. The molecule has 1 rings (SSSR count). The molecule has 0 aromatic heterocycles. The van der Waals surface area contributed by atoms with Gasteiger partial charge in [-0.05, 0) is 20.3 Å². The van der Waals surface area contributed by atoms with Crippen molar-refractivity contribution in [3.8, 4) is 0 Å². The Morgan fingerprint density at radius 2 is 1.56 bits per heavy atom. The van der Waals surface area contributed by atoms with Crippen molar-refractivity contribution in [3.63, 3.8) is 0 Å². The highest BCUT2D eigenvalue weighted by atomic mass is 16.4. The van der Waals surface area contributed by atoms with Crippen LogP contribution in [0.2, 0.25) is 0 Å². The minimum Gasteiger partial charge on any atom is -0.400 e. The summed E-state index contributed by atoms with van der Waals surface area (Å²) in [6.45, 7) is 6.26. The van der Waals surface area contributed by atoms with E-state index in [-0.39, 0.29) is 0 Å². The van der Waals surface area contributed by atoms with Crippen molar-refractivity contribution in [2.75, 3.05) is 21.3 Å². The molecule has 1 unspecified atom stereocenters. The molecule has 18 heavy (non-hydrogen) atoms. The SMILES string of the molecule is CCCC(C)N.CO.COC.Cc1ccccc1. The zero-order valence-corrected chi connectivity index (χ0v) is 12.8. The second-order valence-electron chi connectivity index (χ2n) is 3.83. The van der Waals surface area contributed by atoms with Gasteiger partial charge in [-0.1, -0.05) is 49.2 Å². The van der Waals surface area contributed by atoms with E-state index in [0.717, 1.165) is 13.5 Å². The Morgan fingerprint density at radius 1 is 1.17 bits per heavy atom. The number of hydrogen-bond donors (Lipinski definition) is 2. The molecular weight excluding hydrogens is 226 g/mol. The highest BCUT2D eigenvalue weighted by molar-refractivity contribution is 5.11. The van der Waals surface area contributed by atoms with Crippen LogP contribution in [0.25, 0.3) is 0 Å². The lowest BCUT2D eigenvalue weighted by molar-refractivity contribution is 0.277. The van der Waals surface area contributed by atoms with Crippen LogP contribution in [0, 0.1) is 6.92 Å². The minimum atomic E-state index is 0.398. The molecule has 0 amide bonds. The van der Waals surface area contributed by atoms with Crippen molar-refractivity contribution < 1.29 is 9.84 Å². The monoisotopic (exact) mass is 257 g/mol. The van der Waals surface area contributed by atoms with E-state index in [4.69, 9.17) is 10.8 Å². The molecule has 1 aromatic rings. The van der Waals surface area contributed by atoms with Crippen molar-refractivity contribution in [3.05, 3.63) is 35.9 Å². The second-order valence-corrected chi connectivity index (χ2v) is 3.83. The maximum atomic E-state index is 7.00. The van der Waals surface area contributed by atoms with Gasteiger partial charge in [0.15, 0.2) is 0 Å². The molecule has 0 aliphatic rings. The van der Waals surface area contributed by atoms with Gasteiger partial charge in [0.2, 0.25) is 0 Å². The molecule has 0 spiro atoms. The number of aliphatic hydroxyl groups excluding tert-OH is 1. The first-order chi connectivity index (χ1) is 8.58. The Balaban J connectivity index is -0.000000187. The molecule has 3 nitrogen and oxygen atoms in total. The molecule has 0 aliphatic carbocycles. The molecule has 0 bridgehead atoms. The smallest absolute Gasteiger partial charge is 0.0351 e.